The first-order chi connectivity index (χ1) is 11.5. The van der Waals surface area contributed by atoms with Crippen LogP contribution in [0.2, 0.25) is 0 Å². The summed E-state index contributed by atoms with van der Waals surface area (Å²) >= 11 is 0. The molecule has 0 heterocycles. The van der Waals surface area contributed by atoms with Gasteiger partial charge in [0.25, 0.3) is 0 Å². The Balaban J connectivity index is 2.52. The fourth-order valence-electron chi connectivity index (χ4n) is 2.32. The van der Waals surface area contributed by atoms with Crippen LogP contribution in [0, 0.1) is 11.8 Å². The molecule has 0 radical (unpaired) electrons. The van der Waals surface area contributed by atoms with Crippen LogP contribution in [0.4, 0.5) is 0 Å². The van der Waals surface area contributed by atoms with E-state index in [1.165, 1.54) is 19.3 Å². The molecule has 0 fully saturated rings. The maximum atomic E-state index is 11.9. The molecular weight excluding hydrogens is 300 g/mol. The lowest BCUT2D eigenvalue weighted by atomic mass is 10.0. The summed E-state index contributed by atoms with van der Waals surface area (Å²) in [5, 5.41) is 0. The zero-order valence-electron chi connectivity index (χ0n) is 15.6. The van der Waals surface area contributed by atoms with Crippen molar-refractivity contribution in [2.24, 2.45) is 11.8 Å². The summed E-state index contributed by atoms with van der Waals surface area (Å²) in [4.78, 5) is 11.9. The molecule has 1 rings (SSSR count). The van der Waals surface area contributed by atoms with Crippen molar-refractivity contribution in [2.75, 3.05) is 13.2 Å². The smallest absolute Gasteiger partial charge is 0.338 e. The van der Waals surface area contributed by atoms with Gasteiger partial charge in [0.05, 0.1) is 18.8 Å². The highest BCUT2D eigenvalue weighted by Gasteiger charge is 2.11. The molecule has 1 atom stereocenters. The zero-order chi connectivity index (χ0) is 17.9. The Bertz CT molecular complexity index is 502. The molecule has 0 spiro atoms. The Kier molecular flexibility index (Phi) is 9.21. The number of carbonyl (C=O) groups is 1. The highest BCUT2D eigenvalue weighted by Crippen LogP contribution is 2.19. The molecule has 0 aliphatic rings. The molecule has 0 aliphatic carbocycles. The Labute approximate surface area is 147 Å². The van der Waals surface area contributed by atoms with Crippen LogP contribution >= 0.6 is 0 Å². The van der Waals surface area contributed by atoms with Crippen molar-refractivity contribution in [3.8, 4) is 0 Å². The van der Waals surface area contributed by atoms with Crippen LogP contribution in [0.25, 0.3) is 5.76 Å². The Hall–Kier alpha value is -1.77. The largest absolute Gasteiger partial charge is 0.493 e. The van der Waals surface area contributed by atoms with Crippen LogP contribution in [0.1, 0.15) is 69.3 Å². The van der Waals surface area contributed by atoms with Crippen molar-refractivity contribution in [2.45, 2.75) is 53.4 Å². The highest BCUT2D eigenvalue weighted by atomic mass is 16.5. The van der Waals surface area contributed by atoms with E-state index in [4.69, 9.17) is 9.47 Å². The number of esters is 1. The lowest BCUT2D eigenvalue weighted by Crippen LogP contribution is -2.10. The molecule has 0 amide bonds. The summed E-state index contributed by atoms with van der Waals surface area (Å²) in [6, 6.07) is 7.25. The maximum Gasteiger partial charge on any atom is 0.338 e. The van der Waals surface area contributed by atoms with Gasteiger partial charge in [0, 0.05) is 5.56 Å². The van der Waals surface area contributed by atoms with Crippen molar-refractivity contribution in [1.29, 1.82) is 0 Å². The second-order valence-corrected chi connectivity index (χ2v) is 6.72. The number of benzene rings is 1. The third kappa shape index (κ3) is 7.20. The summed E-state index contributed by atoms with van der Waals surface area (Å²) in [7, 11) is 0. The first kappa shape index (κ1) is 20.3. The minimum absolute atomic E-state index is 0.285. The number of rotatable bonds is 11. The number of hydrogen-bond donors (Lipinski definition) is 0. The van der Waals surface area contributed by atoms with Gasteiger partial charge >= 0.3 is 5.97 Å². The molecule has 1 aromatic rings. The topological polar surface area (TPSA) is 35.5 Å². The lowest BCUT2D eigenvalue weighted by molar-refractivity contribution is 0.0459. The van der Waals surface area contributed by atoms with E-state index in [0.717, 1.165) is 12.0 Å². The first-order valence-electron chi connectivity index (χ1n) is 9.07. The van der Waals surface area contributed by atoms with Crippen LogP contribution in [-0.4, -0.2) is 19.2 Å². The second kappa shape index (κ2) is 10.9. The zero-order valence-corrected chi connectivity index (χ0v) is 15.6. The predicted octanol–water partition coefficient (Wildman–Crippen LogP) is 5.70. The molecule has 0 N–H and O–H groups in total. The molecule has 0 aromatic heterocycles. The maximum absolute atomic E-state index is 11.9. The summed E-state index contributed by atoms with van der Waals surface area (Å²) in [5.74, 6) is 1.28. The van der Waals surface area contributed by atoms with Gasteiger partial charge in [-0.3, -0.25) is 0 Å². The van der Waals surface area contributed by atoms with Gasteiger partial charge in [0.1, 0.15) is 5.76 Å². The van der Waals surface area contributed by atoms with E-state index < -0.39 is 0 Å². The van der Waals surface area contributed by atoms with Gasteiger partial charge in [-0.25, -0.2) is 4.79 Å². The Morgan fingerprint density at radius 1 is 1.04 bits per heavy atom. The minimum Gasteiger partial charge on any atom is -0.493 e. The van der Waals surface area contributed by atoms with Gasteiger partial charge in [-0.05, 0) is 30.4 Å². The van der Waals surface area contributed by atoms with Crippen LogP contribution in [0.5, 0.6) is 0 Å². The molecule has 1 aromatic carbocycles. The highest BCUT2D eigenvalue weighted by molar-refractivity contribution is 5.89. The van der Waals surface area contributed by atoms with E-state index in [9.17, 15) is 4.79 Å². The Morgan fingerprint density at radius 2 is 1.67 bits per heavy atom. The number of carbonyl (C=O) groups excluding carboxylic acids is 1. The lowest BCUT2D eigenvalue weighted by Gasteiger charge is -2.17. The molecule has 0 bridgehead atoms. The average Bonchev–Trinajstić information content (AvgIpc) is 2.59. The number of unbranched alkanes of at least 4 members (excludes halogenated alkanes) is 1. The van der Waals surface area contributed by atoms with Gasteiger partial charge in [0.15, 0.2) is 0 Å². The molecule has 0 aliphatic heterocycles. The van der Waals surface area contributed by atoms with Gasteiger partial charge in [-0.15, -0.1) is 0 Å². The summed E-state index contributed by atoms with van der Waals surface area (Å²) in [5.41, 5.74) is 1.46. The standard InChI is InChI=1S/C21H32O3/c1-6-8-9-18(7-2)15-23-17(5)19-10-12-20(13-11-19)21(22)24-14-16(3)4/h10-13,16,18H,5-9,14-15H2,1-4H3. The fourth-order valence-corrected chi connectivity index (χ4v) is 2.32. The van der Waals surface area contributed by atoms with E-state index in [1.54, 1.807) is 12.1 Å². The summed E-state index contributed by atoms with van der Waals surface area (Å²) in [6.45, 7) is 13.6. The quantitative estimate of drug-likeness (QED) is 0.385. The second-order valence-electron chi connectivity index (χ2n) is 6.72. The van der Waals surface area contributed by atoms with Crippen LogP contribution in [0.3, 0.4) is 0 Å². The molecule has 1 unspecified atom stereocenters. The number of hydrogen-bond acceptors (Lipinski definition) is 3. The Morgan fingerprint density at radius 3 is 2.21 bits per heavy atom. The van der Waals surface area contributed by atoms with E-state index >= 15 is 0 Å². The van der Waals surface area contributed by atoms with Crippen LogP contribution in [-0.2, 0) is 9.47 Å². The molecule has 3 heteroatoms. The normalized spacial score (nSPS) is 12.0. The van der Waals surface area contributed by atoms with Gasteiger partial charge in [0.2, 0.25) is 0 Å². The summed E-state index contributed by atoms with van der Waals surface area (Å²) in [6.07, 6.45) is 4.77. The third-order valence-electron chi connectivity index (χ3n) is 4.03. The number of ether oxygens (including phenoxy) is 2. The van der Waals surface area contributed by atoms with Crippen LogP contribution in [0.15, 0.2) is 30.8 Å². The average molecular weight is 332 g/mol. The predicted molar refractivity (Wildman–Crippen MR) is 99.9 cm³/mol. The van der Waals surface area contributed by atoms with E-state index in [2.05, 4.69) is 20.4 Å². The van der Waals surface area contributed by atoms with Crippen molar-refractivity contribution in [3.63, 3.8) is 0 Å². The third-order valence-corrected chi connectivity index (χ3v) is 4.03. The summed E-state index contributed by atoms with van der Waals surface area (Å²) < 4.78 is 11.1. The monoisotopic (exact) mass is 332 g/mol. The van der Waals surface area contributed by atoms with Crippen LogP contribution < -0.4 is 0 Å². The molecule has 134 valence electrons. The SMILES string of the molecule is C=C(OCC(CC)CCCC)c1ccc(C(=O)OCC(C)C)cc1. The van der Waals surface area contributed by atoms with E-state index in [-0.39, 0.29) is 5.97 Å². The van der Waals surface area contributed by atoms with Crippen molar-refractivity contribution in [3.05, 3.63) is 42.0 Å². The molecule has 0 saturated carbocycles. The van der Waals surface area contributed by atoms with E-state index in [0.29, 0.717) is 36.4 Å². The molecule has 3 nitrogen and oxygen atoms in total. The van der Waals surface area contributed by atoms with Crippen molar-refractivity contribution >= 4 is 11.7 Å². The minimum atomic E-state index is -0.285. The van der Waals surface area contributed by atoms with E-state index in [1.807, 2.05) is 26.0 Å². The van der Waals surface area contributed by atoms with Gasteiger partial charge in [-0.1, -0.05) is 65.7 Å². The fraction of sp³-hybridized carbons (Fsp3) is 0.571. The molecule has 0 saturated heterocycles. The molecular formula is C21H32O3. The van der Waals surface area contributed by atoms with Gasteiger partial charge in [-0.2, -0.15) is 0 Å². The van der Waals surface area contributed by atoms with Gasteiger partial charge < -0.3 is 9.47 Å². The van der Waals surface area contributed by atoms with Crippen molar-refractivity contribution in [1.82, 2.24) is 0 Å². The molecule has 24 heavy (non-hydrogen) atoms. The van der Waals surface area contributed by atoms with Crippen molar-refractivity contribution < 1.29 is 14.3 Å². The first-order valence-corrected chi connectivity index (χ1v) is 9.07.